The SMILES string of the molecule is CCC(C)N(CCOC)c1ncc(Br)cn1. The summed E-state index contributed by atoms with van der Waals surface area (Å²) in [5.41, 5.74) is 0. The lowest BCUT2D eigenvalue weighted by Gasteiger charge is -2.28. The summed E-state index contributed by atoms with van der Waals surface area (Å²) in [5.74, 6) is 0.759. The molecule has 0 aromatic carbocycles. The molecule has 1 atom stereocenters. The molecule has 0 aliphatic carbocycles. The van der Waals surface area contributed by atoms with Crippen molar-refractivity contribution in [2.45, 2.75) is 26.3 Å². The molecule has 1 unspecified atom stereocenters. The Morgan fingerprint density at radius 2 is 2.06 bits per heavy atom. The molecule has 5 heteroatoms. The first kappa shape index (κ1) is 13.4. The second kappa shape index (κ2) is 6.81. The number of halogens is 1. The van der Waals surface area contributed by atoms with E-state index in [9.17, 15) is 0 Å². The number of rotatable bonds is 6. The Morgan fingerprint density at radius 3 is 2.56 bits per heavy atom. The summed E-state index contributed by atoms with van der Waals surface area (Å²) in [4.78, 5) is 10.8. The maximum absolute atomic E-state index is 5.11. The van der Waals surface area contributed by atoms with Crippen molar-refractivity contribution in [2.24, 2.45) is 0 Å². The molecule has 1 heterocycles. The fraction of sp³-hybridized carbons (Fsp3) is 0.636. The van der Waals surface area contributed by atoms with E-state index in [4.69, 9.17) is 4.74 Å². The number of hydrogen-bond acceptors (Lipinski definition) is 4. The van der Waals surface area contributed by atoms with Gasteiger partial charge in [-0.05, 0) is 29.3 Å². The van der Waals surface area contributed by atoms with Gasteiger partial charge in [-0.2, -0.15) is 0 Å². The van der Waals surface area contributed by atoms with Crippen molar-refractivity contribution >= 4 is 21.9 Å². The number of aromatic nitrogens is 2. The summed E-state index contributed by atoms with van der Waals surface area (Å²) in [6.07, 6.45) is 4.60. The van der Waals surface area contributed by atoms with Gasteiger partial charge in [0.25, 0.3) is 0 Å². The van der Waals surface area contributed by atoms with Gasteiger partial charge < -0.3 is 9.64 Å². The van der Waals surface area contributed by atoms with Crippen LogP contribution in [0.5, 0.6) is 0 Å². The molecule has 0 fully saturated rings. The van der Waals surface area contributed by atoms with Gasteiger partial charge in [-0.1, -0.05) is 6.92 Å². The lowest BCUT2D eigenvalue weighted by molar-refractivity contribution is 0.203. The topological polar surface area (TPSA) is 38.2 Å². The standard InChI is InChI=1S/C11H18BrN3O/c1-4-9(2)15(5-6-16-3)11-13-7-10(12)8-14-11/h7-9H,4-6H2,1-3H3. The van der Waals surface area contributed by atoms with Gasteiger partial charge in [0, 0.05) is 32.1 Å². The highest BCUT2D eigenvalue weighted by molar-refractivity contribution is 9.10. The van der Waals surface area contributed by atoms with E-state index in [1.807, 2.05) is 0 Å². The van der Waals surface area contributed by atoms with Crippen LogP contribution in [0.15, 0.2) is 16.9 Å². The number of ether oxygens (including phenoxy) is 1. The molecule has 0 saturated heterocycles. The highest BCUT2D eigenvalue weighted by Crippen LogP contribution is 2.14. The Morgan fingerprint density at radius 1 is 1.44 bits per heavy atom. The summed E-state index contributed by atoms with van der Waals surface area (Å²) in [7, 11) is 1.71. The summed E-state index contributed by atoms with van der Waals surface area (Å²) in [6.45, 7) is 5.82. The van der Waals surface area contributed by atoms with Crippen molar-refractivity contribution in [3.63, 3.8) is 0 Å². The van der Waals surface area contributed by atoms with Crippen LogP contribution < -0.4 is 4.90 Å². The molecule has 16 heavy (non-hydrogen) atoms. The van der Waals surface area contributed by atoms with Crippen LogP contribution >= 0.6 is 15.9 Å². The quantitative estimate of drug-likeness (QED) is 0.806. The predicted octanol–water partition coefficient (Wildman–Crippen LogP) is 2.49. The van der Waals surface area contributed by atoms with Gasteiger partial charge in [0.2, 0.25) is 5.95 Å². The molecule has 0 N–H and O–H groups in total. The Balaban J connectivity index is 2.78. The zero-order valence-corrected chi connectivity index (χ0v) is 11.6. The van der Waals surface area contributed by atoms with Crippen LogP contribution in [0.25, 0.3) is 0 Å². The van der Waals surface area contributed by atoms with Crippen molar-refractivity contribution in [1.82, 2.24) is 9.97 Å². The first-order valence-electron chi connectivity index (χ1n) is 5.42. The third-order valence-corrected chi connectivity index (χ3v) is 2.93. The average molecular weight is 288 g/mol. The molecule has 0 amide bonds. The number of anilines is 1. The van der Waals surface area contributed by atoms with Gasteiger partial charge >= 0.3 is 0 Å². The average Bonchev–Trinajstić information content (AvgIpc) is 2.31. The highest BCUT2D eigenvalue weighted by Gasteiger charge is 2.14. The Hall–Kier alpha value is -0.680. The van der Waals surface area contributed by atoms with Crippen LogP contribution in [0, 0.1) is 0 Å². The number of hydrogen-bond donors (Lipinski definition) is 0. The van der Waals surface area contributed by atoms with Crippen LogP contribution in [0.3, 0.4) is 0 Å². The fourth-order valence-corrected chi connectivity index (χ4v) is 1.59. The molecule has 0 saturated carbocycles. The Kier molecular flexibility index (Phi) is 5.69. The minimum Gasteiger partial charge on any atom is -0.383 e. The Labute approximate surface area is 105 Å². The minimum atomic E-state index is 0.413. The normalized spacial score (nSPS) is 12.5. The Bertz CT molecular complexity index is 305. The molecule has 1 aromatic heterocycles. The molecule has 0 bridgehead atoms. The lowest BCUT2D eigenvalue weighted by atomic mass is 10.2. The summed E-state index contributed by atoms with van der Waals surface area (Å²) in [5, 5.41) is 0. The van der Waals surface area contributed by atoms with Crippen LogP contribution in [0.2, 0.25) is 0 Å². The van der Waals surface area contributed by atoms with Gasteiger partial charge in [0.15, 0.2) is 0 Å². The number of methoxy groups -OCH3 is 1. The van der Waals surface area contributed by atoms with E-state index in [2.05, 4.69) is 44.6 Å². The third-order valence-electron chi connectivity index (χ3n) is 2.52. The largest absolute Gasteiger partial charge is 0.383 e. The second-order valence-electron chi connectivity index (χ2n) is 3.64. The molecule has 0 spiro atoms. The van der Waals surface area contributed by atoms with Crippen LogP contribution in [-0.4, -0.2) is 36.3 Å². The summed E-state index contributed by atoms with van der Waals surface area (Å²) in [6, 6.07) is 0.413. The van der Waals surface area contributed by atoms with Crippen LogP contribution in [0.1, 0.15) is 20.3 Å². The van der Waals surface area contributed by atoms with Crippen molar-refractivity contribution in [3.8, 4) is 0 Å². The maximum Gasteiger partial charge on any atom is 0.225 e. The van der Waals surface area contributed by atoms with Crippen molar-refractivity contribution < 1.29 is 4.74 Å². The zero-order chi connectivity index (χ0) is 12.0. The first-order valence-corrected chi connectivity index (χ1v) is 6.21. The second-order valence-corrected chi connectivity index (χ2v) is 4.56. The van der Waals surface area contributed by atoms with Gasteiger partial charge in [-0.3, -0.25) is 0 Å². The van der Waals surface area contributed by atoms with Gasteiger partial charge in [0.1, 0.15) is 0 Å². The van der Waals surface area contributed by atoms with E-state index >= 15 is 0 Å². The molecule has 1 rings (SSSR count). The van der Waals surface area contributed by atoms with Crippen LogP contribution in [0.4, 0.5) is 5.95 Å². The maximum atomic E-state index is 5.11. The monoisotopic (exact) mass is 287 g/mol. The fourth-order valence-electron chi connectivity index (χ4n) is 1.38. The third kappa shape index (κ3) is 3.72. The molecule has 0 aliphatic heterocycles. The van der Waals surface area contributed by atoms with E-state index in [0.29, 0.717) is 12.6 Å². The predicted molar refractivity (Wildman–Crippen MR) is 68.7 cm³/mol. The van der Waals surface area contributed by atoms with Gasteiger partial charge in [-0.25, -0.2) is 9.97 Å². The van der Waals surface area contributed by atoms with Crippen molar-refractivity contribution in [1.29, 1.82) is 0 Å². The van der Waals surface area contributed by atoms with E-state index in [-0.39, 0.29) is 0 Å². The molecule has 90 valence electrons. The lowest BCUT2D eigenvalue weighted by Crippen LogP contribution is -2.36. The van der Waals surface area contributed by atoms with Crippen molar-refractivity contribution in [3.05, 3.63) is 16.9 Å². The smallest absolute Gasteiger partial charge is 0.225 e. The molecular formula is C11H18BrN3O. The zero-order valence-electron chi connectivity index (χ0n) is 9.98. The molecular weight excluding hydrogens is 270 g/mol. The molecule has 4 nitrogen and oxygen atoms in total. The van der Waals surface area contributed by atoms with E-state index in [0.717, 1.165) is 23.4 Å². The minimum absolute atomic E-state index is 0.413. The summed E-state index contributed by atoms with van der Waals surface area (Å²) < 4.78 is 6.00. The molecule has 0 aliphatic rings. The summed E-state index contributed by atoms with van der Waals surface area (Å²) >= 11 is 3.33. The number of nitrogens with zero attached hydrogens (tertiary/aromatic N) is 3. The van der Waals surface area contributed by atoms with Gasteiger partial charge in [0.05, 0.1) is 11.1 Å². The van der Waals surface area contributed by atoms with Crippen LogP contribution in [-0.2, 0) is 4.74 Å². The first-order chi connectivity index (χ1) is 7.69. The van der Waals surface area contributed by atoms with E-state index in [1.54, 1.807) is 19.5 Å². The van der Waals surface area contributed by atoms with E-state index < -0.39 is 0 Å². The molecule has 0 radical (unpaired) electrons. The van der Waals surface area contributed by atoms with Crippen molar-refractivity contribution in [2.75, 3.05) is 25.2 Å². The molecule has 1 aromatic rings. The van der Waals surface area contributed by atoms with E-state index in [1.165, 1.54) is 0 Å². The highest BCUT2D eigenvalue weighted by atomic mass is 79.9. The van der Waals surface area contributed by atoms with Gasteiger partial charge in [-0.15, -0.1) is 0 Å².